The predicted octanol–water partition coefficient (Wildman–Crippen LogP) is 3.29. The smallest absolute Gasteiger partial charge is 0.405 e. The summed E-state index contributed by atoms with van der Waals surface area (Å²) in [5.41, 5.74) is 0.384. The van der Waals surface area contributed by atoms with Gasteiger partial charge in [-0.05, 0) is 47.1 Å². The number of halogens is 4. The molecule has 1 rings (SSSR count). The Labute approximate surface area is 122 Å². The fourth-order valence-electron chi connectivity index (χ4n) is 1.37. The van der Waals surface area contributed by atoms with Crippen molar-refractivity contribution in [3.8, 4) is 5.75 Å². The summed E-state index contributed by atoms with van der Waals surface area (Å²) in [4.78, 5) is 11.5. The summed E-state index contributed by atoms with van der Waals surface area (Å²) in [5.74, 6) is -0.630. The lowest BCUT2D eigenvalue weighted by Crippen LogP contribution is -2.28. The van der Waals surface area contributed by atoms with E-state index in [0.29, 0.717) is 5.69 Å². The molecule has 1 aromatic carbocycles. The van der Waals surface area contributed by atoms with Gasteiger partial charge in [0.15, 0.2) is 0 Å². The van der Waals surface area contributed by atoms with Gasteiger partial charge in [0.25, 0.3) is 0 Å². The molecular formula is C12H14BrF3N2O2. The van der Waals surface area contributed by atoms with Crippen molar-refractivity contribution in [1.29, 1.82) is 0 Å². The quantitative estimate of drug-likeness (QED) is 0.770. The third-order valence-electron chi connectivity index (χ3n) is 2.15. The van der Waals surface area contributed by atoms with Crippen LogP contribution in [0, 0.1) is 0 Å². The number of anilines is 1. The summed E-state index contributed by atoms with van der Waals surface area (Å²) in [6.45, 7) is 2.84. The van der Waals surface area contributed by atoms with Crippen LogP contribution < -0.4 is 15.4 Å². The molecular weight excluding hydrogens is 341 g/mol. The van der Waals surface area contributed by atoms with Crippen molar-refractivity contribution in [3.05, 3.63) is 22.7 Å². The Balaban J connectivity index is 2.61. The zero-order valence-electron chi connectivity index (χ0n) is 10.7. The van der Waals surface area contributed by atoms with Crippen molar-refractivity contribution in [3.63, 3.8) is 0 Å². The maximum Gasteiger partial charge on any atom is 0.573 e. The lowest BCUT2D eigenvalue weighted by molar-refractivity contribution is -0.274. The lowest BCUT2D eigenvalue weighted by atomic mass is 10.3. The third-order valence-corrected chi connectivity index (χ3v) is 2.77. The molecule has 20 heavy (non-hydrogen) atoms. The van der Waals surface area contributed by atoms with Gasteiger partial charge < -0.3 is 15.4 Å². The van der Waals surface area contributed by atoms with Crippen molar-refractivity contribution in [2.75, 3.05) is 18.4 Å². The summed E-state index contributed by atoms with van der Waals surface area (Å²) in [6.07, 6.45) is -3.85. The first-order valence-electron chi connectivity index (χ1n) is 5.87. The second-order valence-corrected chi connectivity index (χ2v) is 4.77. The molecule has 0 saturated carbocycles. The largest absolute Gasteiger partial charge is 0.573 e. The summed E-state index contributed by atoms with van der Waals surface area (Å²) in [6, 6.07) is 3.81. The number of benzene rings is 1. The van der Waals surface area contributed by atoms with E-state index in [1.54, 1.807) is 0 Å². The average molecular weight is 355 g/mol. The molecule has 8 heteroatoms. The molecule has 1 aromatic rings. The van der Waals surface area contributed by atoms with E-state index in [1.165, 1.54) is 12.1 Å². The molecule has 0 bridgehead atoms. The summed E-state index contributed by atoms with van der Waals surface area (Å²) in [5, 5.41) is 5.48. The molecule has 0 saturated heterocycles. The van der Waals surface area contributed by atoms with Crippen LogP contribution in [0.5, 0.6) is 5.75 Å². The summed E-state index contributed by atoms with van der Waals surface area (Å²) < 4.78 is 40.2. The SMILES string of the molecule is CCCNCC(=O)Nc1ccc(OC(F)(F)F)c(Br)c1. The number of amides is 1. The molecule has 0 aromatic heterocycles. The van der Waals surface area contributed by atoms with E-state index in [4.69, 9.17) is 0 Å². The Morgan fingerprint density at radius 3 is 2.65 bits per heavy atom. The highest BCUT2D eigenvalue weighted by Gasteiger charge is 2.31. The standard InChI is InChI=1S/C12H14BrF3N2O2/c1-2-5-17-7-11(19)18-8-3-4-10(9(13)6-8)20-12(14,15)16/h3-4,6,17H,2,5,7H2,1H3,(H,18,19). The third kappa shape index (κ3) is 6.25. The zero-order chi connectivity index (χ0) is 15.2. The Kier molecular flexibility index (Phi) is 6.28. The van der Waals surface area contributed by atoms with E-state index in [-0.39, 0.29) is 22.7 Å². The summed E-state index contributed by atoms with van der Waals surface area (Å²) in [7, 11) is 0. The molecule has 112 valence electrons. The van der Waals surface area contributed by atoms with Gasteiger partial charge in [-0.25, -0.2) is 0 Å². The lowest BCUT2D eigenvalue weighted by Gasteiger charge is -2.12. The van der Waals surface area contributed by atoms with E-state index in [2.05, 4.69) is 31.3 Å². The number of carbonyl (C=O) groups is 1. The first-order chi connectivity index (χ1) is 9.31. The van der Waals surface area contributed by atoms with Crippen molar-refractivity contribution >= 4 is 27.5 Å². The molecule has 0 aliphatic heterocycles. The molecule has 1 amide bonds. The molecule has 0 aliphatic rings. The normalized spacial score (nSPS) is 11.2. The highest BCUT2D eigenvalue weighted by Crippen LogP contribution is 2.32. The van der Waals surface area contributed by atoms with Gasteiger partial charge in [0, 0.05) is 5.69 Å². The van der Waals surface area contributed by atoms with E-state index in [9.17, 15) is 18.0 Å². The Morgan fingerprint density at radius 2 is 2.10 bits per heavy atom. The highest BCUT2D eigenvalue weighted by atomic mass is 79.9. The number of hydrogen-bond donors (Lipinski definition) is 2. The van der Waals surface area contributed by atoms with Gasteiger partial charge in [-0.2, -0.15) is 0 Å². The minimum atomic E-state index is -4.75. The Hall–Kier alpha value is -1.28. The Morgan fingerprint density at radius 1 is 1.40 bits per heavy atom. The van der Waals surface area contributed by atoms with E-state index < -0.39 is 6.36 Å². The van der Waals surface area contributed by atoms with Crippen molar-refractivity contribution in [2.45, 2.75) is 19.7 Å². The molecule has 0 unspecified atom stereocenters. The van der Waals surface area contributed by atoms with Gasteiger partial charge in [-0.15, -0.1) is 13.2 Å². The number of carbonyl (C=O) groups excluding carboxylic acids is 1. The predicted molar refractivity (Wildman–Crippen MR) is 72.6 cm³/mol. The van der Waals surface area contributed by atoms with Gasteiger partial charge in [0.2, 0.25) is 5.91 Å². The minimum absolute atomic E-state index is 0.106. The minimum Gasteiger partial charge on any atom is -0.405 e. The van der Waals surface area contributed by atoms with Gasteiger partial charge in [0.1, 0.15) is 5.75 Å². The molecule has 0 radical (unpaired) electrons. The van der Waals surface area contributed by atoms with E-state index in [1.807, 2.05) is 6.92 Å². The van der Waals surface area contributed by atoms with Crippen LogP contribution in [0.15, 0.2) is 22.7 Å². The average Bonchev–Trinajstić information content (AvgIpc) is 2.31. The fraction of sp³-hybridized carbons (Fsp3) is 0.417. The van der Waals surface area contributed by atoms with E-state index >= 15 is 0 Å². The van der Waals surface area contributed by atoms with Crippen LogP contribution in [-0.2, 0) is 4.79 Å². The number of alkyl halides is 3. The topological polar surface area (TPSA) is 50.4 Å². The number of hydrogen-bond acceptors (Lipinski definition) is 3. The van der Waals surface area contributed by atoms with Crippen LogP contribution in [-0.4, -0.2) is 25.4 Å². The zero-order valence-corrected chi connectivity index (χ0v) is 12.3. The molecule has 0 aliphatic carbocycles. The van der Waals surface area contributed by atoms with E-state index in [0.717, 1.165) is 19.0 Å². The molecule has 0 heterocycles. The molecule has 0 spiro atoms. The van der Waals surface area contributed by atoms with Gasteiger partial charge >= 0.3 is 6.36 Å². The first-order valence-corrected chi connectivity index (χ1v) is 6.67. The molecule has 4 nitrogen and oxygen atoms in total. The maximum atomic E-state index is 12.1. The summed E-state index contributed by atoms with van der Waals surface area (Å²) >= 11 is 2.96. The van der Waals surface area contributed by atoms with Crippen molar-refractivity contribution in [1.82, 2.24) is 5.32 Å². The van der Waals surface area contributed by atoms with Crippen LogP contribution in [0.25, 0.3) is 0 Å². The molecule has 0 fully saturated rings. The highest BCUT2D eigenvalue weighted by molar-refractivity contribution is 9.10. The van der Waals surface area contributed by atoms with Crippen LogP contribution in [0.1, 0.15) is 13.3 Å². The second-order valence-electron chi connectivity index (χ2n) is 3.92. The van der Waals surface area contributed by atoms with Gasteiger partial charge in [-0.3, -0.25) is 4.79 Å². The van der Waals surface area contributed by atoms with Crippen LogP contribution in [0.2, 0.25) is 0 Å². The van der Waals surface area contributed by atoms with Crippen LogP contribution in [0.4, 0.5) is 18.9 Å². The maximum absolute atomic E-state index is 12.1. The van der Waals surface area contributed by atoms with Crippen molar-refractivity contribution < 1.29 is 22.7 Å². The Bertz CT molecular complexity index is 467. The first kappa shape index (κ1) is 16.8. The second kappa shape index (κ2) is 7.49. The number of ether oxygens (including phenoxy) is 1. The van der Waals surface area contributed by atoms with Gasteiger partial charge in [-0.1, -0.05) is 6.92 Å². The van der Waals surface area contributed by atoms with Gasteiger partial charge in [0.05, 0.1) is 11.0 Å². The molecule has 2 N–H and O–H groups in total. The van der Waals surface area contributed by atoms with Crippen LogP contribution in [0.3, 0.4) is 0 Å². The molecule has 0 atom stereocenters. The fourth-order valence-corrected chi connectivity index (χ4v) is 1.83. The monoisotopic (exact) mass is 354 g/mol. The van der Waals surface area contributed by atoms with Crippen molar-refractivity contribution in [2.24, 2.45) is 0 Å². The number of nitrogens with one attached hydrogen (secondary N) is 2. The number of rotatable bonds is 6. The van der Waals surface area contributed by atoms with Crippen LogP contribution >= 0.6 is 15.9 Å².